The van der Waals surface area contributed by atoms with Crippen molar-refractivity contribution in [3.8, 4) is 0 Å². The van der Waals surface area contributed by atoms with E-state index >= 15 is 0 Å². The third kappa shape index (κ3) is 2.08. The van der Waals surface area contributed by atoms with Gasteiger partial charge < -0.3 is 0 Å². The van der Waals surface area contributed by atoms with Crippen LogP contribution in [-0.4, -0.2) is 0 Å². The van der Waals surface area contributed by atoms with Crippen molar-refractivity contribution in [2.75, 3.05) is 0 Å². The molecule has 5 aliphatic carbocycles. The fourth-order valence-electron chi connectivity index (χ4n) is 11.4. The Labute approximate surface area is 209 Å². The smallest absolute Gasteiger partial charge is 0.0277 e. The summed E-state index contributed by atoms with van der Waals surface area (Å²) in [5.41, 5.74) is 5.45. The predicted molar refractivity (Wildman–Crippen MR) is 147 cm³/mol. The Morgan fingerprint density at radius 2 is 1.43 bits per heavy atom. The molecule has 0 nitrogen and oxygen atoms in total. The van der Waals surface area contributed by atoms with Crippen molar-refractivity contribution in [3.63, 3.8) is 0 Å². The van der Waals surface area contributed by atoms with E-state index in [2.05, 4.69) is 68.4 Å². The van der Waals surface area contributed by atoms with Crippen LogP contribution in [0.1, 0.15) is 69.1 Å². The molecule has 3 saturated carbocycles. The molecule has 0 saturated heterocycles. The first-order valence-electron chi connectivity index (χ1n) is 14.6. The van der Waals surface area contributed by atoms with E-state index in [1.807, 2.05) is 0 Å². The highest BCUT2D eigenvalue weighted by atomic mass is 14.7. The quantitative estimate of drug-likeness (QED) is 0.232. The maximum Gasteiger partial charge on any atom is 0.0277 e. The van der Waals surface area contributed by atoms with E-state index in [4.69, 9.17) is 0 Å². The Hall–Kier alpha value is -2.34. The van der Waals surface area contributed by atoms with Gasteiger partial charge in [0.2, 0.25) is 0 Å². The summed E-state index contributed by atoms with van der Waals surface area (Å²) in [6, 6.07) is 21.7. The SMILES string of the molecule is CC1CCC2C3C1CCCC3C1CCc3ccc4c5ccccc5c5cccc6c5c4c3C61C2C. The highest BCUT2D eigenvalue weighted by Gasteiger charge is 2.64. The van der Waals surface area contributed by atoms with Gasteiger partial charge in [0, 0.05) is 5.41 Å². The molecule has 4 aromatic rings. The molecule has 5 aliphatic rings. The Morgan fingerprint density at radius 1 is 0.657 bits per heavy atom. The van der Waals surface area contributed by atoms with Crippen LogP contribution >= 0.6 is 0 Å². The van der Waals surface area contributed by atoms with Crippen LogP contribution in [0.15, 0.2) is 54.6 Å². The van der Waals surface area contributed by atoms with E-state index in [0.717, 1.165) is 41.4 Å². The standard InChI is InChI=1S/C35H36/c1-19-13-16-23-20(2)35-29(28-11-5-9-22(19)31(23)28)18-15-21-14-17-27-25-8-4-3-7-24(25)26-10-6-12-30(35)32(26)33(27)34(21)35/h3-4,6-8,10,12,14,17,19-20,22-23,28-29,31H,5,9,11,13,15-16,18H2,1-2H3. The molecule has 8 atom stereocenters. The number of hydrogen-bond acceptors (Lipinski definition) is 0. The van der Waals surface area contributed by atoms with E-state index < -0.39 is 0 Å². The summed E-state index contributed by atoms with van der Waals surface area (Å²) in [5, 5.41) is 9.22. The number of aryl methyl sites for hydroxylation is 1. The lowest BCUT2D eigenvalue weighted by Gasteiger charge is -2.65. The average molecular weight is 457 g/mol. The number of rotatable bonds is 0. The van der Waals surface area contributed by atoms with Crippen molar-refractivity contribution in [1.29, 1.82) is 0 Å². The Morgan fingerprint density at radius 3 is 2.29 bits per heavy atom. The van der Waals surface area contributed by atoms with Gasteiger partial charge in [-0.25, -0.2) is 0 Å². The van der Waals surface area contributed by atoms with Gasteiger partial charge >= 0.3 is 0 Å². The monoisotopic (exact) mass is 456 g/mol. The Bertz CT molecular complexity index is 1560. The van der Waals surface area contributed by atoms with Crippen molar-refractivity contribution in [2.45, 2.75) is 64.2 Å². The number of fused-ring (bicyclic) bond motifs is 4. The van der Waals surface area contributed by atoms with Crippen molar-refractivity contribution in [1.82, 2.24) is 0 Å². The number of hydrogen-bond donors (Lipinski definition) is 0. The van der Waals surface area contributed by atoms with Crippen LogP contribution in [0.5, 0.6) is 0 Å². The maximum atomic E-state index is 2.72. The average Bonchev–Trinajstić information content (AvgIpc) is 3.22. The van der Waals surface area contributed by atoms with Crippen LogP contribution in [0.3, 0.4) is 0 Å². The van der Waals surface area contributed by atoms with Gasteiger partial charge in [-0.3, -0.25) is 0 Å². The Kier molecular flexibility index (Phi) is 3.68. The second-order valence-electron chi connectivity index (χ2n) is 13.2. The molecule has 0 heteroatoms. The summed E-state index contributed by atoms with van der Waals surface area (Å²) < 4.78 is 0. The predicted octanol–water partition coefficient (Wildman–Crippen LogP) is 9.04. The van der Waals surface area contributed by atoms with Gasteiger partial charge in [-0.05, 0) is 123 Å². The molecule has 35 heavy (non-hydrogen) atoms. The van der Waals surface area contributed by atoms with Crippen LogP contribution in [0.2, 0.25) is 0 Å². The molecule has 8 unspecified atom stereocenters. The molecule has 0 aliphatic heterocycles. The van der Waals surface area contributed by atoms with Crippen molar-refractivity contribution in [2.24, 2.45) is 41.4 Å². The van der Waals surface area contributed by atoms with Gasteiger partial charge in [0.1, 0.15) is 0 Å². The van der Waals surface area contributed by atoms with Crippen LogP contribution in [0.4, 0.5) is 0 Å². The van der Waals surface area contributed by atoms with Crippen LogP contribution in [0.25, 0.3) is 32.3 Å². The summed E-state index contributed by atoms with van der Waals surface area (Å²) in [4.78, 5) is 0. The van der Waals surface area contributed by atoms with Crippen LogP contribution < -0.4 is 0 Å². The van der Waals surface area contributed by atoms with E-state index in [9.17, 15) is 0 Å². The van der Waals surface area contributed by atoms with Crippen molar-refractivity contribution >= 4 is 32.3 Å². The molecule has 176 valence electrons. The highest BCUT2D eigenvalue weighted by Crippen LogP contribution is 2.71. The van der Waals surface area contributed by atoms with Gasteiger partial charge in [-0.2, -0.15) is 0 Å². The molecule has 1 spiro atoms. The topological polar surface area (TPSA) is 0 Å². The van der Waals surface area contributed by atoms with Gasteiger partial charge in [0.05, 0.1) is 0 Å². The zero-order valence-corrected chi connectivity index (χ0v) is 21.2. The minimum Gasteiger partial charge on any atom is -0.0622 e. The third-order valence-corrected chi connectivity index (χ3v) is 12.4. The molecule has 0 bridgehead atoms. The van der Waals surface area contributed by atoms with E-state index in [1.165, 1.54) is 66.5 Å². The fourth-order valence-corrected chi connectivity index (χ4v) is 11.4. The van der Waals surface area contributed by atoms with Gasteiger partial charge in [-0.15, -0.1) is 0 Å². The minimum atomic E-state index is 0.237. The lowest BCUT2D eigenvalue weighted by Crippen LogP contribution is -2.61. The summed E-state index contributed by atoms with van der Waals surface area (Å²) >= 11 is 0. The molecular weight excluding hydrogens is 420 g/mol. The molecule has 0 N–H and O–H groups in total. The molecular formula is C35H36. The maximum absolute atomic E-state index is 2.72. The van der Waals surface area contributed by atoms with Gasteiger partial charge in [0.25, 0.3) is 0 Å². The summed E-state index contributed by atoms with van der Waals surface area (Å²) in [7, 11) is 0. The highest BCUT2D eigenvalue weighted by molar-refractivity contribution is 6.29. The minimum absolute atomic E-state index is 0.237. The van der Waals surface area contributed by atoms with Crippen LogP contribution in [0, 0.1) is 41.4 Å². The zero-order valence-electron chi connectivity index (χ0n) is 21.2. The number of benzene rings is 4. The van der Waals surface area contributed by atoms with E-state index in [-0.39, 0.29) is 5.41 Å². The Balaban J connectivity index is 1.43. The second-order valence-corrected chi connectivity index (χ2v) is 13.2. The first-order chi connectivity index (χ1) is 17.2. The summed E-state index contributed by atoms with van der Waals surface area (Å²) in [6.45, 7) is 5.31. The van der Waals surface area contributed by atoms with Crippen molar-refractivity contribution < 1.29 is 0 Å². The molecule has 0 radical (unpaired) electrons. The van der Waals surface area contributed by atoms with Crippen molar-refractivity contribution in [3.05, 3.63) is 71.3 Å². The summed E-state index contributed by atoms with van der Waals surface area (Å²) in [6.07, 6.45) is 10.1. The largest absolute Gasteiger partial charge is 0.0622 e. The fraction of sp³-hybridized carbons (Fsp3) is 0.486. The van der Waals surface area contributed by atoms with E-state index in [1.54, 1.807) is 27.5 Å². The molecule has 0 amide bonds. The summed E-state index contributed by atoms with van der Waals surface area (Å²) in [5.74, 6) is 6.32. The molecule has 0 aromatic heterocycles. The molecule has 9 rings (SSSR count). The second kappa shape index (κ2) is 6.50. The molecule has 4 aromatic carbocycles. The molecule has 3 fully saturated rings. The first-order valence-corrected chi connectivity index (χ1v) is 14.6. The first kappa shape index (κ1) is 19.8. The molecule has 0 heterocycles. The van der Waals surface area contributed by atoms with Gasteiger partial charge in [-0.1, -0.05) is 81.3 Å². The van der Waals surface area contributed by atoms with E-state index in [0.29, 0.717) is 0 Å². The van der Waals surface area contributed by atoms with Gasteiger partial charge in [0.15, 0.2) is 0 Å². The lowest BCUT2D eigenvalue weighted by atomic mass is 9.39. The lowest BCUT2D eigenvalue weighted by molar-refractivity contribution is -0.110. The zero-order chi connectivity index (χ0) is 23.1. The van der Waals surface area contributed by atoms with Crippen LogP contribution in [-0.2, 0) is 11.8 Å². The third-order valence-electron chi connectivity index (χ3n) is 12.4. The normalized spacial score (nSPS) is 38.7.